The summed E-state index contributed by atoms with van der Waals surface area (Å²) in [4.78, 5) is 2.31. The summed E-state index contributed by atoms with van der Waals surface area (Å²) in [6.45, 7) is 5.71. The molecule has 4 nitrogen and oxygen atoms in total. The lowest BCUT2D eigenvalue weighted by Crippen LogP contribution is -2.46. The normalized spacial score (nSPS) is 24.3. The SMILES string of the molecule is CCCN1CCOC(C(=N)OC)C1. The molecule has 4 heteroatoms. The number of ether oxygens (including phenoxy) is 2. The first-order valence-corrected chi connectivity index (χ1v) is 4.74. The van der Waals surface area contributed by atoms with Crippen molar-refractivity contribution in [1.82, 2.24) is 4.90 Å². The molecule has 1 unspecified atom stereocenters. The Morgan fingerprint density at radius 3 is 3.08 bits per heavy atom. The quantitative estimate of drug-likeness (QED) is 0.522. The van der Waals surface area contributed by atoms with Crippen LogP contribution in [0.2, 0.25) is 0 Å². The summed E-state index contributed by atoms with van der Waals surface area (Å²) in [5.74, 6) is 0.237. The zero-order valence-electron chi connectivity index (χ0n) is 8.38. The number of methoxy groups -OCH3 is 1. The highest BCUT2D eigenvalue weighted by atomic mass is 16.5. The Morgan fingerprint density at radius 1 is 1.69 bits per heavy atom. The summed E-state index contributed by atoms with van der Waals surface area (Å²) < 4.78 is 10.3. The van der Waals surface area contributed by atoms with Crippen LogP contribution >= 0.6 is 0 Å². The zero-order chi connectivity index (χ0) is 9.68. The number of nitrogens with zero attached hydrogens (tertiary/aromatic N) is 1. The minimum atomic E-state index is -0.162. The van der Waals surface area contributed by atoms with Gasteiger partial charge in [0, 0.05) is 13.1 Å². The molecule has 0 saturated carbocycles. The number of hydrogen-bond donors (Lipinski definition) is 1. The van der Waals surface area contributed by atoms with Gasteiger partial charge in [-0.3, -0.25) is 10.3 Å². The molecule has 0 spiro atoms. The molecule has 76 valence electrons. The van der Waals surface area contributed by atoms with Gasteiger partial charge in [-0.15, -0.1) is 0 Å². The second-order valence-corrected chi connectivity index (χ2v) is 3.23. The molecule has 1 heterocycles. The predicted molar refractivity (Wildman–Crippen MR) is 51.2 cm³/mol. The van der Waals surface area contributed by atoms with Crippen LogP contribution < -0.4 is 0 Å². The zero-order valence-corrected chi connectivity index (χ0v) is 8.38. The molecule has 0 amide bonds. The smallest absolute Gasteiger partial charge is 0.211 e. The fraction of sp³-hybridized carbons (Fsp3) is 0.889. The number of morpholine rings is 1. The second kappa shape index (κ2) is 5.19. The van der Waals surface area contributed by atoms with Gasteiger partial charge in [0.2, 0.25) is 5.90 Å². The van der Waals surface area contributed by atoms with Crippen LogP contribution in [0, 0.1) is 5.41 Å². The minimum absolute atomic E-state index is 0.162. The molecule has 13 heavy (non-hydrogen) atoms. The van der Waals surface area contributed by atoms with Gasteiger partial charge >= 0.3 is 0 Å². The van der Waals surface area contributed by atoms with Gasteiger partial charge in [0.15, 0.2) is 0 Å². The fourth-order valence-corrected chi connectivity index (χ4v) is 1.51. The third-order valence-electron chi connectivity index (χ3n) is 2.20. The molecule has 1 aliphatic heterocycles. The number of nitrogens with one attached hydrogen (secondary N) is 1. The maximum atomic E-state index is 7.48. The second-order valence-electron chi connectivity index (χ2n) is 3.23. The highest BCUT2D eigenvalue weighted by molar-refractivity contribution is 5.77. The van der Waals surface area contributed by atoms with Gasteiger partial charge < -0.3 is 9.47 Å². The molecule has 1 fully saturated rings. The van der Waals surface area contributed by atoms with Crippen LogP contribution in [0.25, 0.3) is 0 Å². The predicted octanol–water partition coefficient (Wildman–Crippen LogP) is 0.721. The van der Waals surface area contributed by atoms with Crippen LogP contribution in [0.4, 0.5) is 0 Å². The molecule has 1 N–H and O–H groups in total. The van der Waals surface area contributed by atoms with E-state index >= 15 is 0 Å². The summed E-state index contributed by atoms with van der Waals surface area (Å²) in [7, 11) is 1.52. The van der Waals surface area contributed by atoms with Crippen molar-refractivity contribution >= 4 is 5.90 Å². The first-order valence-electron chi connectivity index (χ1n) is 4.74. The molecule has 0 aromatic heterocycles. The van der Waals surface area contributed by atoms with Gasteiger partial charge in [-0.05, 0) is 13.0 Å². The molecule has 0 aromatic carbocycles. The Morgan fingerprint density at radius 2 is 2.46 bits per heavy atom. The lowest BCUT2D eigenvalue weighted by atomic mass is 10.2. The molecular weight excluding hydrogens is 168 g/mol. The van der Waals surface area contributed by atoms with Crippen LogP contribution in [-0.2, 0) is 9.47 Å². The van der Waals surface area contributed by atoms with E-state index in [0.717, 1.165) is 26.1 Å². The molecular formula is C9H18N2O2. The largest absolute Gasteiger partial charge is 0.483 e. The topological polar surface area (TPSA) is 45.5 Å². The fourth-order valence-electron chi connectivity index (χ4n) is 1.51. The van der Waals surface area contributed by atoms with Gasteiger partial charge in [-0.25, -0.2) is 0 Å². The van der Waals surface area contributed by atoms with Crippen LogP contribution in [0.1, 0.15) is 13.3 Å². The van der Waals surface area contributed by atoms with Gasteiger partial charge in [0.1, 0.15) is 6.10 Å². The molecule has 1 atom stereocenters. The molecule has 1 rings (SSSR count). The van der Waals surface area contributed by atoms with E-state index in [1.807, 2.05) is 0 Å². The van der Waals surface area contributed by atoms with Crippen molar-refractivity contribution in [1.29, 1.82) is 5.41 Å². The van der Waals surface area contributed by atoms with Crippen molar-refractivity contribution in [3.8, 4) is 0 Å². The molecule has 1 aliphatic rings. The third kappa shape index (κ3) is 2.97. The van der Waals surface area contributed by atoms with Crippen LogP contribution in [0.3, 0.4) is 0 Å². The number of hydrogen-bond acceptors (Lipinski definition) is 4. The van der Waals surface area contributed by atoms with E-state index in [9.17, 15) is 0 Å². The van der Waals surface area contributed by atoms with Gasteiger partial charge in [0.25, 0.3) is 0 Å². The van der Waals surface area contributed by atoms with Crippen molar-refractivity contribution in [2.75, 3.05) is 33.4 Å². The number of rotatable bonds is 3. The van der Waals surface area contributed by atoms with E-state index in [0.29, 0.717) is 6.61 Å². The maximum absolute atomic E-state index is 7.48. The van der Waals surface area contributed by atoms with Crippen molar-refractivity contribution < 1.29 is 9.47 Å². The van der Waals surface area contributed by atoms with E-state index in [-0.39, 0.29) is 12.0 Å². The molecule has 1 saturated heterocycles. The Labute approximate surface area is 79.3 Å². The van der Waals surface area contributed by atoms with E-state index in [1.165, 1.54) is 7.11 Å². The monoisotopic (exact) mass is 186 g/mol. The lowest BCUT2D eigenvalue weighted by Gasteiger charge is -2.32. The summed E-state index contributed by atoms with van der Waals surface area (Å²) >= 11 is 0. The lowest BCUT2D eigenvalue weighted by molar-refractivity contribution is -0.00333. The van der Waals surface area contributed by atoms with Crippen LogP contribution in [-0.4, -0.2) is 50.3 Å². The molecule has 0 aliphatic carbocycles. The van der Waals surface area contributed by atoms with Gasteiger partial charge in [-0.2, -0.15) is 0 Å². The highest BCUT2D eigenvalue weighted by Gasteiger charge is 2.23. The standard InChI is InChI=1S/C9H18N2O2/c1-3-4-11-5-6-13-8(7-11)9(10)12-2/h8,10H,3-7H2,1-2H3. The average molecular weight is 186 g/mol. The van der Waals surface area contributed by atoms with E-state index in [1.54, 1.807) is 0 Å². The highest BCUT2D eigenvalue weighted by Crippen LogP contribution is 2.06. The average Bonchev–Trinajstić information content (AvgIpc) is 2.18. The Balaban J connectivity index is 2.37. The van der Waals surface area contributed by atoms with Crippen LogP contribution in [0.5, 0.6) is 0 Å². The van der Waals surface area contributed by atoms with Gasteiger partial charge in [-0.1, -0.05) is 6.92 Å². The Bertz CT molecular complexity index is 171. The van der Waals surface area contributed by atoms with E-state index in [4.69, 9.17) is 14.9 Å². The third-order valence-corrected chi connectivity index (χ3v) is 2.20. The van der Waals surface area contributed by atoms with E-state index in [2.05, 4.69) is 11.8 Å². The van der Waals surface area contributed by atoms with E-state index < -0.39 is 0 Å². The minimum Gasteiger partial charge on any atom is -0.483 e. The van der Waals surface area contributed by atoms with Crippen molar-refractivity contribution in [2.24, 2.45) is 0 Å². The first kappa shape index (κ1) is 10.5. The summed E-state index contributed by atoms with van der Waals surface area (Å²) in [6, 6.07) is 0. The van der Waals surface area contributed by atoms with Crippen LogP contribution in [0.15, 0.2) is 0 Å². The maximum Gasteiger partial charge on any atom is 0.211 e. The van der Waals surface area contributed by atoms with Crippen molar-refractivity contribution in [2.45, 2.75) is 19.4 Å². The molecule has 0 bridgehead atoms. The van der Waals surface area contributed by atoms with Gasteiger partial charge in [0.05, 0.1) is 13.7 Å². The summed E-state index contributed by atoms with van der Waals surface area (Å²) in [5, 5.41) is 7.48. The molecule has 0 radical (unpaired) electrons. The molecule has 0 aromatic rings. The van der Waals surface area contributed by atoms with Crippen molar-refractivity contribution in [3.63, 3.8) is 0 Å². The summed E-state index contributed by atoms with van der Waals surface area (Å²) in [5.41, 5.74) is 0. The van der Waals surface area contributed by atoms with Crippen molar-refractivity contribution in [3.05, 3.63) is 0 Å². The Kier molecular flexibility index (Phi) is 4.18. The first-order chi connectivity index (χ1) is 6.27. The summed E-state index contributed by atoms with van der Waals surface area (Å²) in [6.07, 6.45) is 0.984. The Hall–Kier alpha value is -0.610.